The zero-order chi connectivity index (χ0) is 17.6. The highest BCUT2D eigenvalue weighted by Gasteiger charge is 2.34. The maximum atomic E-state index is 12.8. The molecule has 126 valence electrons. The molecule has 0 bridgehead atoms. The molecule has 2 heteroatoms. The molecule has 25 heavy (non-hydrogen) atoms. The van der Waals surface area contributed by atoms with Crippen molar-refractivity contribution in [2.75, 3.05) is 0 Å². The zero-order valence-electron chi connectivity index (χ0n) is 15.0. The third-order valence-electron chi connectivity index (χ3n) is 5.02. The van der Waals surface area contributed by atoms with Crippen molar-refractivity contribution in [1.29, 1.82) is 0 Å². The fraction of sp³-hybridized carbons (Fsp3) is 0.261. The van der Waals surface area contributed by atoms with Gasteiger partial charge >= 0.3 is 0 Å². The Balaban J connectivity index is 2.01. The van der Waals surface area contributed by atoms with Gasteiger partial charge in [-0.05, 0) is 48.1 Å². The minimum Gasteiger partial charge on any atom is -0.313 e. The van der Waals surface area contributed by atoms with Gasteiger partial charge in [0.2, 0.25) is 0 Å². The van der Waals surface area contributed by atoms with Gasteiger partial charge in [-0.15, -0.1) is 0 Å². The SMILES string of the molecule is Cc1cccc(-n2c(-c3ccccc3)cc3c2CC(C)(C)CC3=O)c1. The van der Waals surface area contributed by atoms with Crippen molar-refractivity contribution in [3.8, 4) is 16.9 Å². The number of carbonyl (C=O) groups is 1. The van der Waals surface area contributed by atoms with E-state index in [2.05, 4.69) is 67.8 Å². The molecule has 0 radical (unpaired) electrons. The van der Waals surface area contributed by atoms with Crippen LogP contribution in [0.3, 0.4) is 0 Å². The standard InChI is InChI=1S/C23H23NO/c1-16-8-7-11-18(12-16)24-20(17-9-5-4-6-10-17)13-19-21(24)14-23(2,3)15-22(19)25/h4-13H,14-15H2,1-3H3. The molecular weight excluding hydrogens is 306 g/mol. The number of hydrogen-bond donors (Lipinski definition) is 0. The summed E-state index contributed by atoms with van der Waals surface area (Å²) in [5, 5.41) is 0. The van der Waals surface area contributed by atoms with Crippen molar-refractivity contribution in [3.63, 3.8) is 0 Å². The van der Waals surface area contributed by atoms with E-state index in [1.54, 1.807) is 0 Å². The van der Waals surface area contributed by atoms with Crippen molar-refractivity contribution >= 4 is 5.78 Å². The number of aryl methyl sites for hydroxylation is 1. The van der Waals surface area contributed by atoms with E-state index in [1.807, 2.05) is 18.2 Å². The number of rotatable bonds is 2. The van der Waals surface area contributed by atoms with E-state index in [0.29, 0.717) is 6.42 Å². The predicted molar refractivity (Wildman–Crippen MR) is 102 cm³/mol. The molecule has 0 fully saturated rings. The molecule has 4 rings (SSSR count). The Morgan fingerprint density at radius 1 is 0.920 bits per heavy atom. The van der Waals surface area contributed by atoms with Crippen molar-refractivity contribution in [2.24, 2.45) is 5.41 Å². The van der Waals surface area contributed by atoms with Gasteiger partial charge < -0.3 is 4.57 Å². The number of hydrogen-bond acceptors (Lipinski definition) is 1. The first-order valence-electron chi connectivity index (χ1n) is 8.85. The molecule has 0 saturated carbocycles. The van der Waals surface area contributed by atoms with Crippen LogP contribution in [0.2, 0.25) is 0 Å². The lowest BCUT2D eigenvalue weighted by Crippen LogP contribution is -2.27. The average Bonchev–Trinajstić information content (AvgIpc) is 2.94. The average molecular weight is 329 g/mol. The second kappa shape index (κ2) is 5.73. The molecule has 1 aliphatic carbocycles. The molecule has 0 saturated heterocycles. The monoisotopic (exact) mass is 329 g/mol. The second-order valence-corrected chi connectivity index (χ2v) is 7.87. The molecule has 0 spiro atoms. The topological polar surface area (TPSA) is 22.0 Å². The van der Waals surface area contributed by atoms with E-state index in [0.717, 1.165) is 34.6 Å². The maximum absolute atomic E-state index is 12.8. The molecule has 0 aliphatic heterocycles. The van der Waals surface area contributed by atoms with E-state index in [-0.39, 0.29) is 11.2 Å². The van der Waals surface area contributed by atoms with Gasteiger partial charge in [0.15, 0.2) is 5.78 Å². The maximum Gasteiger partial charge on any atom is 0.165 e. The van der Waals surface area contributed by atoms with Crippen molar-refractivity contribution in [3.05, 3.63) is 77.5 Å². The molecular formula is C23H23NO. The minimum atomic E-state index is -0.00201. The lowest BCUT2D eigenvalue weighted by Gasteiger charge is -2.30. The van der Waals surface area contributed by atoms with Crippen LogP contribution in [0, 0.1) is 12.3 Å². The van der Waals surface area contributed by atoms with Gasteiger partial charge in [-0.1, -0.05) is 56.3 Å². The van der Waals surface area contributed by atoms with Gasteiger partial charge in [-0.3, -0.25) is 4.79 Å². The molecule has 1 heterocycles. The smallest absolute Gasteiger partial charge is 0.165 e. The summed E-state index contributed by atoms with van der Waals surface area (Å²) >= 11 is 0. The first-order chi connectivity index (χ1) is 11.9. The van der Waals surface area contributed by atoms with Crippen molar-refractivity contribution in [1.82, 2.24) is 4.57 Å². The third kappa shape index (κ3) is 2.82. The van der Waals surface area contributed by atoms with E-state index in [9.17, 15) is 4.79 Å². The molecule has 3 aromatic rings. The predicted octanol–water partition coefficient (Wildman–Crippen LogP) is 5.61. The summed E-state index contributed by atoms with van der Waals surface area (Å²) in [7, 11) is 0. The summed E-state index contributed by atoms with van der Waals surface area (Å²) in [6.45, 7) is 6.48. The fourth-order valence-electron chi connectivity index (χ4n) is 3.90. The number of aromatic nitrogens is 1. The third-order valence-corrected chi connectivity index (χ3v) is 5.02. The van der Waals surface area contributed by atoms with E-state index < -0.39 is 0 Å². The quantitative estimate of drug-likeness (QED) is 0.599. The van der Waals surface area contributed by atoms with Crippen LogP contribution in [0.1, 0.15) is 41.9 Å². The molecule has 0 atom stereocenters. The van der Waals surface area contributed by atoms with Gasteiger partial charge in [-0.25, -0.2) is 0 Å². The van der Waals surface area contributed by atoms with Gasteiger partial charge in [-0.2, -0.15) is 0 Å². The lowest BCUT2D eigenvalue weighted by molar-refractivity contribution is 0.0911. The molecule has 0 unspecified atom stereocenters. The van der Waals surface area contributed by atoms with E-state index >= 15 is 0 Å². The van der Waals surface area contributed by atoms with Gasteiger partial charge in [0.25, 0.3) is 0 Å². The van der Waals surface area contributed by atoms with Crippen LogP contribution in [0.25, 0.3) is 16.9 Å². The normalized spacial score (nSPS) is 15.9. The van der Waals surface area contributed by atoms with Gasteiger partial charge in [0.05, 0.1) is 5.69 Å². The van der Waals surface area contributed by atoms with Crippen LogP contribution in [0.4, 0.5) is 0 Å². The summed E-state index contributed by atoms with van der Waals surface area (Å²) in [4.78, 5) is 12.8. The lowest BCUT2D eigenvalue weighted by atomic mass is 9.76. The van der Waals surface area contributed by atoms with Crippen LogP contribution in [0.15, 0.2) is 60.7 Å². The number of fused-ring (bicyclic) bond motifs is 1. The summed E-state index contributed by atoms with van der Waals surface area (Å²) < 4.78 is 2.29. The Bertz CT molecular complexity index is 947. The summed E-state index contributed by atoms with van der Waals surface area (Å²) in [6, 6.07) is 21.0. The number of nitrogens with zero attached hydrogens (tertiary/aromatic N) is 1. The highest BCUT2D eigenvalue weighted by molar-refractivity contribution is 6.00. The van der Waals surface area contributed by atoms with Gasteiger partial charge in [0.1, 0.15) is 0 Å². The van der Waals surface area contributed by atoms with Crippen LogP contribution < -0.4 is 0 Å². The first kappa shape index (κ1) is 15.9. The molecule has 0 N–H and O–H groups in total. The van der Waals surface area contributed by atoms with Crippen LogP contribution in [-0.4, -0.2) is 10.4 Å². The molecule has 2 aromatic carbocycles. The Hall–Kier alpha value is -2.61. The van der Waals surface area contributed by atoms with Crippen LogP contribution in [-0.2, 0) is 6.42 Å². The van der Waals surface area contributed by atoms with Crippen molar-refractivity contribution in [2.45, 2.75) is 33.6 Å². The van der Waals surface area contributed by atoms with Gasteiger partial charge in [0, 0.05) is 23.4 Å². The Labute approximate surface area is 149 Å². The van der Waals surface area contributed by atoms with Crippen molar-refractivity contribution < 1.29 is 4.79 Å². The highest BCUT2D eigenvalue weighted by atomic mass is 16.1. The number of benzene rings is 2. The minimum absolute atomic E-state index is 0.00201. The van der Waals surface area contributed by atoms with Crippen LogP contribution in [0.5, 0.6) is 0 Å². The largest absolute Gasteiger partial charge is 0.313 e. The second-order valence-electron chi connectivity index (χ2n) is 7.87. The number of ketones is 1. The number of carbonyl (C=O) groups excluding carboxylic acids is 1. The zero-order valence-corrected chi connectivity index (χ0v) is 15.0. The number of Topliss-reactive ketones (excluding diaryl/α,β-unsaturated/α-hetero) is 1. The molecule has 0 amide bonds. The Morgan fingerprint density at radius 2 is 1.68 bits per heavy atom. The summed E-state index contributed by atoms with van der Waals surface area (Å²) in [5.74, 6) is 0.259. The Kier molecular flexibility index (Phi) is 3.64. The fourth-order valence-corrected chi connectivity index (χ4v) is 3.90. The van der Waals surface area contributed by atoms with E-state index in [4.69, 9.17) is 0 Å². The summed E-state index contributed by atoms with van der Waals surface area (Å²) in [6.07, 6.45) is 1.53. The summed E-state index contributed by atoms with van der Waals surface area (Å²) in [5.41, 5.74) is 6.63. The molecule has 1 aliphatic rings. The highest BCUT2D eigenvalue weighted by Crippen LogP contribution is 2.40. The first-order valence-corrected chi connectivity index (χ1v) is 8.85. The molecule has 2 nitrogen and oxygen atoms in total. The Morgan fingerprint density at radius 3 is 2.40 bits per heavy atom. The van der Waals surface area contributed by atoms with E-state index in [1.165, 1.54) is 5.56 Å². The molecule has 1 aromatic heterocycles. The van der Waals surface area contributed by atoms with Crippen LogP contribution >= 0.6 is 0 Å².